The highest BCUT2D eigenvalue weighted by Crippen LogP contribution is 2.38. The molecule has 0 saturated carbocycles. The van der Waals surface area contributed by atoms with E-state index in [0.29, 0.717) is 5.56 Å². The maximum absolute atomic E-state index is 13.5. The number of anilines is 1. The first-order chi connectivity index (χ1) is 16.3. The number of para-hydroxylation sites is 1. The number of benzene rings is 2. The third-order valence-electron chi connectivity index (χ3n) is 5.03. The molecular weight excluding hydrogens is 462 g/mol. The van der Waals surface area contributed by atoms with Crippen molar-refractivity contribution >= 4 is 41.3 Å². The number of amides is 3. The normalized spacial score (nSPS) is 17.4. The smallest absolute Gasteiger partial charge is 0.326 e. The highest BCUT2D eigenvalue weighted by atomic mass is 32.2. The van der Waals surface area contributed by atoms with E-state index in [-0.39, 0.29) is 6.54 Å². The Balaban J connectivity index is 1.98. The van der Waals surface area contributed by atoms with Gasteiger partial charge in [-0.15, -0.1) is 4.47 Å². The predicted octanol–water partition coefficient (Wildman–Crippen LogP) is 0.435. The van der Waals surface area contributed by atoms with Crippen LogP contribution in [0.5, 0.6) is 0 Å². The number of rotatable bonds is 10. The number of nitrogens with two attached hydrogens (primary N) is 2. The molecule has 0 aromatic heterocycles. The number of carboxylic acid groups (broad SMARTS) is 1. The van der Waals surface area contributed by atoms with Crippen LogP contribution in [0.2, 0.25) is 0 Å². The van der Waals surface area contributed by atoms with Gasteiger partial charge in [0.15, 0.2) is 0 Å². The average molecular weight is 488 g/mol. The Hall–Kier alpha value is -3.61. The number of primary amides is 2. The van der Waals surface area contributed by atoms with Crippen LogP contribution >= 0.6 is 11.9 Å². The Labute approximate surface area is 199 Å². The van der Waals surface area contributed by atoms with E-state index in [4.69, 9.17) is 16.3 Å². The van der Waals surface area contributed by atoms with E-state index < -0.39 is 54.7 Å². The summed E-state index contributed by atoms with van der Waals surface area (Å²) in [4.78, 5) is 54.3. The molecular formula is C22H25N5O6S. The number of nitrogens with one attached hydrogen (secondary N) is 2. The number of nitrogens with zero attached hydrogens (tertiary/aromatic N) is 1. The minimum Gasteiger partial charge on any atom is -0.480 e. The fourth-order valence-electron chi connectivity index (χ4n) is 3.51. The molecule has 0 radical (unpaired) electrons. The highest BCUT2D eigenvalue weighted by Gasteiger charge is 2.39. The van der Waals surface area contributed by atoms with E-state index in [1.165, 1.54) is 16.4 Å². The van der Waals surface area contributed by atoms with E-state index >= 15 is 0 Å². The van der Waals surface area contributed by atoms with Gasteiger partial charge in [-0.1, -0.05) is 42.5 Å². The summed E-state index contributed by atoms with van der Waals surface area (Å²) in [5.74, 6) is -4.54. The van der Waals surface area contributed by atoms with Crippen molar-refractivity contribution in [2.24, 2.45) is 11.5 Å². The quantitative estimate of drug-likeness (QED) is 0.297. The monoisotopic (exact) mass is 487 g/mol. The molecule has 12 heteroatoms. The van der Waals surface area contributed by atoms with Crippen LogP contribution < -0.4 is 22.1 Å². The van der Waals surface area contributed by atoms with Gasteiger partial charge >= 0.3 is 5.97 Å². The average Bonchev–Trinajstić information content (AvgIpc) is 2.97. The summed E-state index contributed by atoms with van der Waals surface area (Å²) in [5.41, 5.74) is 11.8. The van der Waals surface area contributed by atoms with Crippen LogP contribution in [-0.4, -0.2) is 58.5 Å². The zero-order valence-electron chi connectivity index (χ0n) is 18.0. The highest BCUT2D eigenvalue weighted by molar-refractivity contribution is 7.97. The number of hydrogen-bond donors (Lipinski definition) is 5. The molecule has 2 aromatic carbocycles. The van der Waals surface area contributed by atoms with Gasteiger partial charge in [-0.25, -0.2) is 4.79 Å². The number of hydrogen-bond acceptors (Lipinski definition) is 8. The zero-order valence-corrected chi connectivity index (χ0v) is 18.9. The Morgan fingerprint density at radius 2 is 1.76 bits per heavy atom. The first kappa shape index (κ1) is 25.0. The fourth-order valence-corrected chi connectivity index (χ4v) is 4.52. The van der Waals surface area contributed by atoms with E-state index in [9.17, 15) is 24.3 Å². The molecule has 7 N–H and O–H groups in total. The van der Waals surface area contributed by atoms with Crippen molar-refractivity contribution in [3.8, 4) is 0 Å². The molecule has 2 aromatic rings. The van der Waals surface area contributed by atoms with Crippen LogP contribution in [-0.2, 0) is 24.0 Å². The molecule has 0 aliphatic carbocycles. The molecule has 180 valence electrons. The maximum atomic E-state index is 13.5. The van der Waals surface area contributed by atoms with Gasteiger partial charge in [0, 0.05) is 17.1 Å². The minimum atomic E-state index is -1.50. The van der Waals surface area contributed by atoms with Crippen molar-refractivity contribution in [3.63, 3.8) is 0 Å². The van der Waals surface area contributed by atoms with Crippen molar-refractivity contribution in [3.05, 3.63) is 60.2 Å². The Morgan fingerprint density at radius 1 is 1.09 bits per heavy atom. The second kappa shape index (κ2) is 11.5. The number of carbonyl (C=O) groups is 4. The van der Waals surface area contributed by atoms with Gasteiger partial charge in [0.25, 0.3) is 0 Å². The minimum absolute atomic E-state index is 0.212. The number of carboxylic acids is 1. The molecule has 1 unspecified atom stereocenters. The Kier molecular flexibility index (Phi) is 8.46. The van der Waals surface area contributed by atoms with Crippen molar-refractivity contribution in [1.29, 1.82) is 0 Å². The van der Waals surface area contributed by atoms with Gasteiger partial charge in [0.2, 0.25) is 17.7 Å². The molecule has 3 amide bonds. The molecule has 1 heterocycles. The van der Waals surface area contributed by atoms with E-state index in [1.807, 2.05) is 24.3 Å². The number of aliphatic carboxylic acids is 1. The third kappa shape index (κ3) is 6.47. The molecule has 1 aliphatic rings. The molecule has 1 aliphatic heterocycles. The van der Waals surface area contributed by atoms with Crippen LogP contribution in [0.3, 0.4) is 0 Å². The van der Waals surface area contributed by atoms with Crippen molar-refractivity contribution in [2.75, 3.05) is 18.5 Å². The van der Waals surface area contributed by atoms with Crippen molar-refractivity contribution < 1.29 is 29.1 Å². The fraction of sp³-hybridized carbons (Fsp3) is 0.273. The molecule has 11 nitrogen and oxygen atoms in total. The van der Waals surface area contributed by atoms with Gasteiger partial charge in [-0.3, -0.25) is 19.2 Å². The number of fused-ring (bicyclic) bond motifs is 1. The first-order valence-corrected chi connectivity index (χ1v) is 11.1. The van der Waals surface area contributed by atoms with E-state index in [2.05, 4.69) is 10.6 Å². The lowest BCUT2D eigenvalue weighted by Crippen LogP contribution is -2.51. The molecule has 3 atom stereocenters. The van der Waals surface area contributed by atoms with Gasteiger partial charge in [-0.2, -0.15) is 0 Å². The van der Waals surface area contributed by atoms with Gasteiger partial charge < -0.3 is 27.2 Å². The summed E-state index contributed by atoms with van der Waals surface area (Å²) in [6.07, 6.45) is -0.562. The van der Waals surface area contributed by atoms with E-state index in [1.54, 1.807) is 30.3 Å². The third-order valence-corrected chi connectivity index (χ3v) is 6.14. The summed E-state index contributed by atoms with van der Waals surface area (Å²) in [7, 11) is 0. The maximum Gasteiger partial charge on any atom is 0.326 e. The van der Waals surface area contributed by atoms with Crippen LogP contribution in [0.4, 0.5) is 5.69 Å². The SMILES string of the molecule is NC(=O)CON1Sc2ccccc2NC[C@H]1C(C(=O)N[C@@H](CC(N)=O)C(=O)O)c1ccccc1. The number of hydroxylamine groups is 1. The first-order valence-electron chi connectivity index (χ1n) is 10.3. The standard InChI is InChI=1S/C22H25N5O6S/c23-18(28)10-15(22(31)32)26-21(30)20(13-6-2-1-3-7-13)16-11-25-14-8-4-5-9-17(14)34-27(16)33-12-19(24)29/h1-9,15-16,20,25H,10-12H2,(H2,23,28)(H2,24,29)(H,26,30)(H,31,32)/t15-,16-,20?/m0/s1. The second-order valence-electron chi connectivity index (χ2n) is 7.52. The number of carbonyl (C=O) groups excluding carboxylic acids is 3. The van der Waals surface area contributed by atoms with Crippen molar-refractivity contribution in [1.82, 2.24) is 9.79 Å². The molecule has 3 rings (SSSR count). The molecule has 0 fully saturated rings. The van der Waals surface area contributed by atoms with Crippen LogP contribution in [0, 0.1) is 0 Å². The second-order valence-corrected chi connectivity index (χ2v) is 8.50. The summed E-state index contributed by atoms with van der Waals surface area (Å²) in [5, 5.41) is 15.2. The Morgan fingerprint density at radius 3 is 2.41 bits per heavy atom. The summed E-state index contributed by atoms with van der Waals surface area (Å²) < 4.78 is 1.42. The molecule has 0 spiro atoms. The van der Waals surface area contributed by atoms with E-state index in [0.717, 1.165) is 10.6 Å². The Bertz CT molecular complexity index is 1050. The van der Waals surface area contributed by atoms with Crippen LogP contribution in [0.25, 0.3) is 0 Å². The van der Waals surface area contributed by atoms with Gasteiger partial charge in [-0.05, 0) is 29.6 Å². The topological polar surface area (TPSA) is 177 Å². The largest absolute Gasteiger partial charge is 0.480 e. The van der Waals surface area contributed by atoms with Crippen LogP contribution in [0.15, 0.2) is 59.5 Å². The van der Waals surface area contributed by atoms with Gasteiger partial charge in [0.05, 0.1) is 18.4 Å². The summed E-state index contributed by atoms with van der Waals surface area (Å²) >= 11 is 1.17. The predicted molar refractivity (Wildman–Crippen MR) is 124 cm³/mol. The zero-order chi connectivity index (χ0) is 24.7. The molecule has 34 heavy (non-hydrogen) atoms. The lowest BCUT2D eigenvalue weighted by Gasteiger charge is -2.33. The summed E-state index contributed by atoms with van der Waals surface area (Å²) in [6.45, 7) is -0.211. The summed E-state index contributed by atoms with van der Waals surface area (Å²) in [6, 6.07) is 13.9. The molecule has 0 saturated heterocycles. The van der Waals surface area contributed by atoms with Gasteiger partial charge in [0.1, 0.15) is 12.6 Å². The lowest BCUT2D eigenvalue weighted by molar-refractivity contribution is -0.148. The molecule has 0 bridgehead atoms. The van der Waals surface area contributed by atoms with Crippen molar-refractivity contribution in [2.45, 2.75) is 29.3 Å². The van der Waals surface area contributed by atoms with Crippen LogP contribution in [0.1, 0.15) is 17.9 Å². The lowest BCUT2D eigenvalue weighted by atomic mass is 9.90.